The van der Waals surface area contributed by atoms with Gasteiger partial charge in [-0.15, -0.1) is 0 Å². The maximum Gasteiger partial charge on any atom is 0.253 e. The molecule has 0 aromatic heterocycles. The predicted molar refractivity (Wildman–Crippen MR) is 121 cm³/mol. The van der Waals surface area contributed by atoms with Gasteiger partial charge >= 0.3 is 0 Å². The Balaban J connectivity index is 1.61. The summed E-state index contributed by atoms with van der Waals surface area (Å²) in [5.41, 5.74) is 0.548. The molecule has 2 aliphatic rings. The number of benzene rings is 1. The van der Waals surface area contributed by atoms with Crippen molar-refractivity contribution >= 4 is 35.0 Å². The van der Waals surface area contributed by atoms with E-state index >= 15 is 0 Å². The van der Waals surface area contributed by atoms with Crippen LogP contribution in [0.4, 0.5) is 0 Å². The molecule has 0 radical (unpaired) electrons. The maximum atomic E-state index is 13.0. The highest BCUT2D eigenvalue weighted by Gasteiger charge is 2.37. The molecule has 2 amide bonds. The first-order valence-corrected chi connectivity index (χ1v) is 11.5. The fourth-order valence-electron chi connectivity index (χ4n) is 4.47. The minimum Gasteiger partial charge on any atom is -0.353 e. The number of likely N-dealkylation sites (N-methyl/N-ethyl adjacent to an activating group) is 1. The third kappa shape index (κ3) is 5.88. The SMILES string of the molecule is CN(C)CCNC(=O)C(C1CCCC1)N1CCN(C(=O)c2ccc(Cl)c(Cl)c2)CC1. The van der Waals surface area contributed by atoms with Gasteiger partial charge in [0.15, 0.2) is 0 Å². The first-order chi connectivity index (χ1) is 14.4. The highest BCUT2D eigenvalue weighted by Crippen LogP contribution is 2.31. The molecule has 166 valence electrons. The number of nitrogens with one attached hydrogen (secondary N) is 1. The summed E-state index contributed by atoms with van der Waals surface area (Å²) in [5, 5.41) is 3.96. The molecule has 0 bridgehead atoms. The number of carbonyl (C=O) groups is 2. The number of halogens is 2. The van der Waals surface area contributed by atoms with Gasteiger partial charge in [0.05, 0.1) is 16.1 Å². The van der Waals surface area contributed by atoms with E-state index in [1.165, 1.54) is 12.8 Å². The summed E-state index contributed by atoms with van der Waals surface area (Å²) >= 11 is 12.0. The molecule has 1 aromatic rings. The van der Waals surface area contributed by atoms with Gasteiger partial charge in [-0.25, -0.2) is 0 Å². The molecule has 6 nitrogen and oxygen atoms in total. The van der Waals surface area contributed by atoms with Gasteiger partial charge in [0.25, 0.3) is 5.91 Å². The van der Waals surface area contributed by atoms with E-state index in [4.69, 9.17) is 23.2 Å². The molecule has 1 aromatic carbocycles. The molecule has 1 aliphatic carbocycles. The van der Waals surface area contributed by atoms with Crippen molar-refractivity contribution in [2.45, 2.75) is 31.7 Å². The van der Waals surface area contributed by atoms with E-state index < -0.39 is 0 Å². The molecule has 1 atom stereocenters. The highest BCUT2D eigenvalue weighted by atomic mass is 35.5. The summed E-state index contributed by atoms with van der Waals surface area (Å²) in [6.45, 7) is 4.10. The van der Waals surface area contributed by atoms with Crippen LogP contribution in [-0.4, -0.2) is 85.9 Å². The molecular weight excluding hydrogens is 423 g/mol. The van der Waals surface area contributed by atoms with Crippen LogP contribution in [0.15, 0.2) is 18.2 Å². The zero-order valence-electron chi connectivity index (χ0n) is 17.9. The Morgan fingerprint density at radius 2 is 1.77 bits per heavy atom. The fourth-order valence-corrected chi connectivity index (χ4v) is 4.77. The van der Waals surface area contributed by atoms with Crippen molar-refractivity contribution in [1.29, 1.82) is 0 Å². The van der Waals surface area contributed by atoms with Crippen LogP contribution in [0.1, 0.15) is 36.0 Å². The van der Waals surface area contributed by atoms with Gasteiger partial charge in [-0.1, -0.05) is 36.0 Å². The molecule has 3 rings (SSSR count). The Morgan fingerprint density at radius 1 is 1.10 bits per heavy atom. The standard InChI is InChI=1S/C22H32Cl2N4O2/c1-26(2)10-9-25-21(29)20(16-5-3-4-6-16)27-11-13-28(14-12-27)22(30)17-7-8-18(23)19(24)15-17/h7-8,15-16,20H,3-6,9-14H2,1-2H3,(H,25,29). The second-order valence-electron chi connectivity index (χ2n) is 8.54. The third-order valence-electron chi connectivity index (χ3n) is 6.13. The molecule has 1 heterocycles. The summed E-state index contributed by atoms with van der Waals surface area (Å²) in [6, 6.07) is 4.89. The molecule has 1 aliphatic heterocycles. The van der Waals surface area contributed by atoms with Crippen LogP contribution in [0, 0.1) is 5.92 Å². The zero-order valence-corrected chi connectivity index (χ0v) is 19.4. The zero-order chi connectivity index (χ0) is 21.7. The first-order valence-electron chi connectivity index (χ1n) is 10.8. The number of amides is 2. The Labute approximate surface area is 189 Å². The molecule has 1 N–H and O–H groups in total. The average Bonchev–Trinajstić information content (AvgIpc) is 3.24. The summed E-state index contributed by atoms with van der Waals surface area (Å²) in [4.78, 5) is 32.1. The Morgan fingerprint density at radius 3 is 2.37 bits per heavy atom. The van der Waals surface area contributed by atoms with Gasteiger partial charge in [-0.05, 0) is 51.1 Å². The van der Waals surface area contributed by atoms with E-state index in [-0.39, 0.29) is 17.9 Å². The normalized spacial score (nSPS) is 19.3. The van der Waals surface area contributed by atoms with Crippen LogP contribution in [-0.2, 0) is 4.79 Å². The number of piperazine rings is 1. The summed E-state index contributed by atoms with van der Waals surface area (Å²) in [5.74, 6) is 0.496. The van der Waals surface area contributed by atoms with Crippen LogP contribution in [0.5, 0.6) is 0 Å². The summed E-state index contributed by atoms with van der Waals surface area (Å²) < 4.78 is 0. The molecule has 30 heavy (non-hydrogen) atoms. The Kier molecular flexibility index (Phi) is 8.40. The van der Waals surface area contributed by atoms with Gasteiger partial charge in [0, 0.05) is 44.8 Å². The lowest BCUT2D eigenvalue weighted by atomic mass is 9.95. The lowest BCUT2D eigenvalue weighted by Crippen LogP contribution is -2.58. The molecule has 2 fully saturated rings. The van der Waals surface area contributed by atoms with Gasteiger partial charge in [-0.2, -0.15) is 0 Å². The molecular formula is C22H32Cl2N4O2. The average molecular weight is 455 g/mol. The quantitative estimate of drug-likeness (QED) is 0.687. The van der Waals surface area contributed by atoms with Crippen LogP contribution >= 0.6 is 23.2 Å². The van der Waals surface area contributed by atoms with E-state index in [0.29, 0.717) is 54.3 Å². The lowest BCUT2D eigenvalue weighted by molar-refractivity contribution is -0.129. The van der Waals surface area contributed by atoms with E-state index in [1.807, 2.05) is 19.0 Å². The largest absolute Gasteiger partial charge is 0.353 e. The second kappa shape index (κ2) is 10.8. The molecule has 1 saturated heterocycles. The van der Waals surface area contributed by atoms with Crippen LogP contribution in [0.3, 0.4) is 0 Å². The van der Waals surface area contributed by atoms with Crippen LogP contribution < -0.4 is 5.32 Å². The van der Waals surface area contributed by atoms with Crippen molar-refractivity contribution in [2.24, 2.45) is 5.92 Å². The van der Waals surface area contributed by atoms with Crippen LogP contribution in [0.2, 0.25) is 10.0 Å². The highest BCUT2D eigenvalue weighted by molar-refractivity contribution is 6.42. The fraction of sp³-hybridized carbons (Fsp3) is 0.636. The van der Waals surface area contributed by atoms with Crippen molar-refractivity contribution in [1.82, 2.24) is 20.0 Å². The molecule has 1 unspecified atom stereocenters. The third-order valence-corrected chi connectivity index (χ3v) is 6.87. The van der Waals surface area contributed by atoms with E-state index in [9.17, 15) is 9.59 Å². The van der Waals surface area contributed by atoms with Gasteiger partial charge in [0.1, 0.15) is 0 Å². The van der Waals surface area contributed by atoms with Gasteiger partial charge < -0.3 is 15.1 Å². The van der Waals surface area contributed by atoms with Crippen molar-refractivity contribution in [3.63, 3.8) is 0 Å². The smallest absolute Gasteiger partial charge is 0.253 e. The van der Waals surface area contributed by atoms with E-state index in [2.05, 4.69) is 15.1 Å². The van der Waals surface area contributed by atoms with Crippen molar-refractivity contribution < 1.29 is 9.59 Å². The molecule has 0 spiro atoms. The van der Waals surface area contributed by atoms with Crippen LogP contribution in [0.25, 0.3) is 0 Å². The topological polar surface area (TPSA) is 55.9 Å². The predicted octanol–water partition coefficient (Wildman–Crippen LogP) is 2.99. The molecule has 8 heteroatoms. The monoisotopic (exact) mass is 454 g/mol. The Hall–Kier alpha value is -1.34. The second-order valence-corrected chi connectivity index (χ2v) is 9.36. The molecule has 1 saturated carbocycles. The minimum atomic E-state index is -0.100. The number of hydrogen-bond acceptors (Lipinski definition) is 4. The lowest BCUT2D eigenvalue weighted by Gasteiger charge is -2.40. The number of rotatable bonds is 7. The number of nitrogens with zero attached hydrogens (tertiary/aromatic N) is 3. The number of hydrogen-bond donors (Lipinski definition) is 1. The summed E-state index contributed by atoms with van der Waals surface area (Å²) in [7, 11) is 4.01. The maximum absolute atomic E-state index is 13.0. The van der Waals surface area contributed by atoms with Gasteiger partial charge in [0.2, 0.25) is 5.91 Å². The van der Waals surface area contributed by atoms with Crippen molar-refractivity contribution in [2.75, 3.05) is 53.4 Å². The minimum absolute atomic E-state index is 0.0407. The number of carbonyl (C=O) groups excluding carboxylic acids is 2. The summed E-state index contributed by atoms with van der Waals surface area (Å²) in [6.07, 6.45) is 4.60. The van der Waals surface area contributed by atoms with E-state index in [1.54, 1.807) is 18.2 Å². The van der Waals surface area contributed by atoms with E-state index in [0.717, 1.165) is 19.4 Å². The van der Waals surface area contributed by atoms with Crippen molar-refractivity contribution in [3.8, 4) is 0 Å². The van der Waals surface area contributed by atoms with Gasteiger partial charge in [-0.3, -0.25) is 14.5 Å². The first kappa shape index (κ1) is 23.3. The Bertz CT molecular complexity index is 745. The van der Waals surface area contributed by atoms with Crippen molar-refractivity contribution in [3.05, 3.63) is 33.8 Å².